The van der Waals surface area contributed by atoms with Crippen molar-refractivity contribution in [3.63, 3.8) is 0 Å². The van der Waals surface area contributed by atoms with Crippen LogP contribution in [0.2, 0.25) is 5.15 Å². The molecule has 0 spiro atoms. The second-order valence-corrected chi connectivity index (χ2v) is 4.78. The summed E-state index contributed by atoms with van der Waals surface area (Å²) in [6.07, 6.45) is 0. The Labute approximate surface area is 112 Å². The van der Waals surface area contributed by atoms with Gasteiger partial charge < -0.3 is 9.73 Å². The van der Waals surface area contributed by atoms with Crippen LogP contribution in [0.1, 0.15) is 11.5 Å². The van der Waals surface area contributed by atoms with E-state index in [2.05, 4.69) is 32.9 Å². The molecule has 0 bridgehead atoms. The lowest BCUT2D eigenvalue weighted by molar-refractivity contribution is 0.493. The molecule has 0 saturated carbocycles. The van der Waals surface area contributed by atoms with E-state index in [-0.39, 0.29) is 0 Å². The smallest absolute Gasteiger partial charge is 0.164 e. The van der Waals surface area contributed by atoms with Crippen LogP contribution in [0.5, 0.6) is 0 Å². The molecule has 0 unspecified atom stereocenters. The molecular weight excluding hydrogens is 338 g/mol. The van der Waals surface area contributed by atoms with Gasteiger partial charge in [0, 0.05) is 0 Å². The average Bonchev–Trinajstić information content (AvgIpc) is 2.63. The van der Waals surface area contributed by atoms with Crippen LogP contribution in [0, 0.1) is 10.7 Å². The maximum atomic E-state index is 5.78. The van der Waals surface area contributed by atoms with E-state index < -0.39 is 0 Å². The molecule has 3 nitrogen and oxygen atoms in total. The Morgan fingerprint density at radius 1 is 1.38 bits per heavy atom. The molecule has 0 aliphatic carbocycles. The zero-order chi connectivity index (χ0) is 11.5. The molecule has 2 rings (SSSR count). The van der Waals surface area contributed by atoms with Gasteiger partial charge in [0.2, 0.25) is 0 Å². The number of furan rings is 1. The van der Waals surface area contributed by atoms with Crippen molar-refractivity contribution >= 4 is 39.9 Å². The van der Waals surface area contributed by atoms with Crippen LogP contribution in [0.25, 0.3) is 0 Å². The number of halogens is 2. The number of anilines is 1. The van der Waals surface area contributed by atoms with Gasteiger partial charge in [-0.2, -0.15) is 0 Å². The van der Waals surface area contributed by atoms with Crippen LogP contribution >= 0.6 is 34.2 Å². The van der Waals surface area contributed by atoms with Crippen molar-refractivity contribution in [3.8, 4) is 0 Å². The first-order chi connectivity index (χ1) is 7.65. The molecule has 5 heteroatoms. The molecule has 1 N–H and O–H groups in total. The van der Waals surface area contributed by atoms with Crippen LogP contribution in [0.4, 0.5) is 5.69 Å². The SMILES string of the molecule is Cc1nc(Cl)ccc1NCc1ccc(I)o1. The summed E-state index contributed by atoms with van der Waals surface area (Å²) >= 11 is 7.92. The Bertz CT molecular complexity index is 498. The number of aromatic nitrogens is 1. The predicted molar refractivity (Wildman–Crippen MR) is 72.7 cm³/mol. The van der Waals surface area contributed by atoms with Gasteiger partial charge in [0.1, 0.15) is 10.9 Å². The van der Waals surface area contributed by atoms with Crippen molar-refractivity contribution in [3.05, 3.63) is 44.6 Å². The zero-order valence-corrected chi connectivity index (χ0v) is 11.5. The third-order valence-corrected chi connectivity index (χ3v) is 2.92. The Hall–Kier alpha value is -0.750. The molecular formula is C11H10ClIN2O. The lowest BCUT2D eigenvalue weighted by Gasteiger charge is -2.07. The van der Waals surface area contributed by atoms with Gasteiger partial charge in [-0.05, 0) is 53.8 Å². The molecule has 84 valence electrons. The first-order valence-corrected chi connectivity index (χ1v) is 6.22. The van der Waals surface area contributed by atoms with Crippen molar-refractivity contribution in [1.29, 1.82) is 0 Å². The highest BCUT2D eigenvalue weighted by molar-refractivity contribution is 14.1. The normalized spacial score (nSPS) is 10.4. The second kappa shape index (κ2) is 5.05. The lowest BCUT2D eigenvalue weighted by Crippen LogP contribution is -2.01. The van der Waals surface area contributed by atoms with Gasteiger partial charge in [0.05, 0.1) is 17.9 Å². The second-order valence-electron chi connectivity index (χ2n) is 3.33. The Kier molecular flexibility index (Phi) is 3.70. The summed E-state index contributed by atoms with van der Waals surface area (Å²) in [5.41, 5.74) is 1.85. The molecule has 2 aromatic rings. The standard InChI is InChI=1S/C11H10ClIN2O/c1-7-9(3-4-10(12)15-7)14-6-8-2-5-11(13)16-8/h2-5,14H,6H2,1H3. The number of pyridine rings is 1. The van der Waals surface area contributed by atoms with Gasteiger partial charge in [-0.25, -0.2) is 4.98 Å². The summed E-state index contributed by atoms with van der Waals surface area (Å²) in [5.74, 6) is 0.902. The maximum absolute atomic E-state index is 5.78. The van der Waals surface area contributed by atoms with Gasteiger partial charge in [-0.15, -0.1) is 0 Å². The van der Waals surface area contributed by atoms with Crippen molar-refractivity contribution in [2.24, 2.45) is 0 Å². The minimum absolute atomic E-state index is 0.510. The third-order valence-electron chi connectivity index (χ3n) is 2.13. The highest BCUT2D eigenvalue weighted by Gasteiger charge is 2.02. The van der Waals surface area contributed by atoms with Crippen molar-refractivity contribution in [2.75, 3.05) is 5.32 Å². The third kappa shape index (κ3) is 2.89. The molecule has 0 amide bonds. The number of rotatable bonds is 3. The fourth-order valence-electron chi connectivity index (χ4n) is 1.35. The zero-order valence-electron chi connectivity index (χ0n) is 8.63. The summed E-state index contributed by atoms with van der Waals surface area (Å²) in [4.78, 5) is 4.16. The number of hydrogen-bond acceptors (Lipinski definition) is 3. The van der Waals surface area contributed by atoms with Crippen LogP contribution < -0.4 is 5.32 Å². The van der Waals surface area contributed by atoms with Crippen LogP contribution in [0.15, 0.2) is 28.7 Å². The molecule has 0 aliphatic heterocycles. The minimum atomic E-state index is 0.510. The van der Waals surface area contributed by atoms with Crippen molar-refractivity contribution in [1.82, 2.24) is 4.98 Å². The summed E-state index contributed by atoms with van der Waals surface area (Å²) in [6.45, 7) is 2.56. The number of nitrogens with zero attached hydrogens (tertiary/aromatic N) is 1. The van der Waals surface area contributed by atoms with E-state index in [1.165, 1.54) is 0 Å². The molecule has 0 aliphatic rings. The molecule has 2 aromatic heterocycles. The Balaban J connectivity index is 2.04. The van der Waals surface area contributed by atoms with E-state index in [9.17, 15) is 0 Å². The van der Waals surface area contributed by atoms with Gasteiger partial charge >= 0.3 is 0 Å². The topological polar surface area (TPSA) is 38.1 Å². The van der Waals surface area contributed by atoms with E-state index in [4.69, 9.17) is 16.0 Å². The lowest BCUT2D eigenvalue weighted by atomic mass is 10.3. The van der Waals surface area contributed by atoms with E-state index >= 15 is 0 Å². The highest BCUT2D eigenvalue weighted by Crippen LogP contribution is 2.17. The molecule has 0 saturated heterocycles. The van der Waals surface area contributed by atoms with E-state index in [0.717, 1.165) is 20.9 Å². The molecule has 16 heavy (non-hydrogen) atoms. The molecule has 0 aromatic carbocycles. The van der Waals surface area contributed by atoms with E-state index in [1.807, 2.05) is 25.1 Å². The monoisotopic (exact) mass is 348 g/mol. The summed E-state index contributed by atoms with van der Waals surface area (Å²) < 4.78 is 6.34. The number of hydrogen-bond donors (Lipinski definition) is 1. The fraction of sp³-hybridized carbons (Fsp3) is 0.182. The summed E-state index contributed by atoms with van der Waals surface area (Å²) in [7, 11) is 0. The first kappa shape index (κ1) is 11.7. The average molecular weight is 349 g/mol. The molecule has 2 heterocycles. The van der Waals surface area contributed by atoms with Crippen molar-refractivity contribution in [2.45, 2.75) is 13.5 Å². The molecule has 0 radical (unpaired) electrons. The van der Waals surface area contributed by atoms with Gasteiger partial charge in [-0.1, -0.05) is 11.6 Å². The van der Waals surface area contributed by atoms with E-state index in [1.54, 1.807) is 6.07 Å². The maximum Gasteiger partial charge on any atom is 0.164 e. The van der Waals surface area contributed by atoms with Gasteiger partial charge in [-0.3, -0.25) is 0 Å². The highest BCUT2D eigenvalue weighted by atomic mass is 127. The first-order valence-electron chi connectivity index (χ1n) is 4.76. The summed E-state index contributed by atoms with van der Waals surface area (Å²) in [5, 5.41) is 3.76. The van der Waals surface area contributed by atoms with Gasteiger partial charge in [0.15, 0.2) is 3.77 Å². The fourth-order valence-corrected chi connectivity index (χ4v) is 2.00. The number of nitrogens with one attached hydrogen (secondary N) is 1. The van der Waals surface area contributed by atoms with Crippen molar-refractivity contribution < 1.29 is 4.42 Å². The largest absolute Gasteiger partial charge is 0.454 e. The minimum Gasteiger partial charge on any atom is -0.454 e. The number of aryl methyl sites for hydroxylation is 1. The van der Waals surface area contributed by atoms with Crippen LogP contribution in [-0.4, -0.2) is 4.98 Å². The Morgan fingerprint density at radius 3 is 2.81 bits per heavy atom. The summed E-state index contributed by atoms with van der Waals surface area (Å²) in [6, 6.07) is 7.57. The van der Waals surface area contributed by atoms with E-state index in [0.29, 0.717) is 11.7 Å². The molecule has 0 fully saturated rings. The van der Waals surface area contributed by atoms with Crippen LogP contribution in [-0.2, 0) is 6.54 Å². The van der Waals surface area contributed by atoms with Gasteiger partial charge in [0.25, 0.3) is 0 Å². The predicted octanol–water partition coefficient (Wildman–Crippen LogP) is 3.85. The molecule has 0 atom stereocenters. The quantitative estimate of drug-likeness (QED) is 0.676. The Morgan fingerprint density at radius 2 is 2.19 bits per heavy atom. The van der Waals surface area contributed by atoms with Crippen LogP contribution in [0.3, 0.4) is 0 Å².